The Bertz CT molecular complexity index is 674. The fourth-order valence-corrected chi connectivity index (χ4v) is 3.33. The summed E-state index contributed by atoms with van der Waals surface area (Å²) in [4.78, 5) is 7.45. The summed E-state index contributed by atoms with van der Waals surface area (Å²) in [6.07, 6.45) is 5.50. The van der Waals surface area contributed by atoms with Crippen LogP contribution in [0.3, 0.4) is 0 Å². The van der Waals surface area contributed by atoms with E-state index >= 15 is 0 Å². The lowest BCUT2D eigenvalue weighted by molar-refractivity contribution is 0.241. The molecule has 0 radical (unpaired) electrons. The zero-order chi connectivity index (χ0) is 14.4. The van der Waals surface area contributed by atoms with Gasteiger partial charge < -0.3 is 0 Å². The summed E-state index contributed by atoms with van der Waals surface area (Å²) in [5, 5.41) is 2.03. The summed E-state index contributed by atoms with van der Waals surface area (Å²) in [6, 6.07) is 9.07. The van der Waals surface area contributed by atoms with E-state index in [1.165, 1.54) is 43.2 Å². The van der Waals surface area contributed by atoms with Crippen LogP contribution < -0.4 is 0 Å². The molecule has 2 fully saturated rings. The van der Waals surface area contributed by atoms with Gasteiger partial charge in [0.25, 0.3) is 0 Å². The molecule has 0 atom stereocenters. The van der Waals surface area contributed by atoms with Crippen molar-refractivity contribution in [3.05, 3.63) is 40.5 Å². The summed E-state index contributed by atoms with van der Waals surface area (Å²) in [5.41, 5.74) is 3.29. The highest BCUT2D eigenvalue weighted by atomic mass is 35.5. The number of fused-ring (bicyclic) bond motifs is 1. The van der Waals surface area contributed by atoms with Crippen LogP contribution in [0, 0.1) is 12.8 Å². The van der Waals surface area contributed by atoms with Crippen molar-refractivity contribution in [3.63, 3.8) is 0 Å². The van der Waals surface area contributed by atoms with Crippen LogP contribution in [0.5, 0.6) is 0 Å². The molecule has 1 aromatic carbocycles. The molecule has 4 rings (SSSR count). The van der Waals surface area contributed by atoms with Crippen molar-refractivity contribution in [3.8, 4) is 0 Å². The molecule has 0 N–H and O–H groups in total. The highest BCUT2D eigenvalue weighted by Crippen LogP contribution is 2.36. The summed E-state index contributed by atoms with van der Waals surface area (Å²) in [7, 11) is 0. The zero-order valence-electron chi connectivity index (χ0n) is 12.5. The van der Waals surface area contributed by atoms with Gasteiger partial charge in [0.05, 0.1) is 16.2 Å². The monoisotopic (exact) mass is 300 g/mol. The van der Waals surface area contributed by atoms with Crippen molar-refractivity contribution in [1.82, 2.24) is 9.88 Å². The Morgan fingerprint density at radius 1 is 1.19 bits per heavy atom. The molecule has 21 heavy (non-hydrogen) atoms. The number of pyridine rings is 1. The van der Waals surface area contributed by atoms with Gasteiger partial charge in [0.1, 0.15) is 0 Å². The Morgan fingerprint density at radius 2 is 1.95 bits per heavy atom. The zero-order valence-corrected chi connectivity index (χ0v) is 13.2. The van der Waals surface area contributed by atoms with E-state index in [-0.39, 0.29) is 0 Å². The first-order valence-corrected chi connectivity index (χ1v) is 8.38. The fraction of sp³-hybridized carbons (Fsp3) is 0.500. The third kappa shape index (κ3) is 2.79. The lowest BCUT2D eigenvalue weighted by atomic mass is 10.1. The van der Waals surface area contributed by atoms with E-state index in [0.29, 0.717) is 0 Å². The van der Waals surface area contributed by atoms with E-state index in [9.17, 15) is 0 Å². The number of aromatic nitrogens is 1. The van der Waals surface area contributed by atoms with Gasteiger partial charge in [-0.25, -0.2) is 4.98 Å². The van der Waals surface area contributed by atoms with Crippen LogP contribution in [0.2, 0.25) is 5.02 Å². The number of nitrogens with zero attached hydrogens (tertiary/aromatic N) is 2. The lowest BCUT2D eigenvalue weighted by Crippen LogP contribution is -2.28. The lowest BCUT2D eigenvalue weighted by Gasteiger charge is -2.22. The van der Waals surface area contributed by atoms with Gasteiger partial charge in [-0.05, 0) is 50.2 Å². The first kappa shape index (κ1) is 13.5. The van der Waals surface area contributed by atoms with E-state index in [0.717, 1.165) is 34.7 Å². The summed E-state index contributed by atoms with van der Waals surface area (Å²) < 4.78 is 0. The molecular weight excluding hydrogens is 280 g/mol. The van der Waals surface area contributed by atoms with Crippen LogP contribution in [0.15, 0.2) is 24.3 Å². The number of para-hydroxylation sites is 1. The van der Waals surface area contributed by atoms with E-state index in [2.05, 4.69) is 36.1 Å². The molecule has 3 heteroatoms. The van der Waals surface area contributed by atoms with E-state index in [4.69, 9.17) is 16.6 Å². The molecule has 1 heterocycles. The van der Waals surface area contributed by atoms with Crippen LogP contribution in [0.1, 0.15) is 36.9 Å². The highest BCUT2D eigenvalue weighted by molar-refractivity contribution is 6.32. The van der Waals surface area contributed by atoms with Crippen molar-refractivity contribution < 1.29 is 0 Å². The van der Waals surface area contributed by atoms with Crippen molar-refractivity contribution >= 4 is 22.5 Å². The van der Waals surface area contributed by atoms with Gasteiger partial charge in [0, 0.05) is 24.5 Å². The van der Waals surface area contributed by atoms with Gasteiger partial charge in [-0.2, -0.15) is 0 Å². The third-order valence-corrected chi connectivity index (χ3v) is 5.25. The average Bonchev–Trinajstić information content (AvgIpc) is 3.37. The van der Waals surface area contributed by atoms with Crippen LogP contribution in [-0.4, -0.2) is 22.5 Å². The Balaban J connectivity index is 1.66. The van der Waals surface area contributed by atoms with Crippen molar-refractivity contribution in [2.45, 2.75) is 45.2 Å². The van der Waals surface area contributed by atoms with Crippen molar-refractivity contribution in [2.24, 2.45) is 5.92 Å². The maximum atomic E-state index is 6.60. The Labute approximate surface area is 131 Å². The van der Waals surface area contributed by atoms with E-state index in [1.54, 1.807) is 0 Å². The minimum atomic E-state index is 0.773. The van der Waals surface area contributed by atoms with Crippen LogP contribution >= 0.6 is 11.6 Å². The second kappa shape index (κ2) is 5.26. The van der Waals surface area contributed by atoms with Gasteiger partial charge in [-0.15, -0.1) is 0 Å². The molecule has 0 aliphatic heterocycles. The molecule has 0 amide bonds. The van der Waals surface area contributed by atoms with Crippen molar-refractivity contribution in [2.75, 3.05) is 6.54 Å². The van der Waals surface area contributed by atoms with Crippen LogP contribution in [0.4, 0.5) is 0 Å². The molecule has 1 aromatic heterocycles. The molecule has 2 aliphatic carbocycles. The summed E-state index contributed by atoms with van der Waals surface area (Å²) in [5.74, 6) is 0.922. The maximum absolute atomic E-state index is 6.60. The third-order valence-electron chi connectivity index (χ3n) is 4.75. The Kier molecular flexibility index (Phi) is 3.39. The van der Waals surface area contributed by atoms with Gasteiger partial charge in [-0.3, -0.25) is 4.90 Å². The SMILES string of the molecule is Cc1c(Cl)c(CN(CC2CC2)C2CC2)nc2ccccc12. The van der Waals surface area contributed by atoms with Crippen LogP contribution in [-0.2, 0) is 6.54 Å². The smallest absolute Gasteiger partial charge is 0.0740 e. The molecule has 0 unspecified atom stereocenters. The molecule has 2 saturated carbocycles. The maximum Gasteiger partial charge on any atom is 0.0740 e. The first-order valence-electron chi connectivity index (χ1n) is 8.00. The molecule has 2 aromatic rings. The summed E-state index contributed by atoms with van der Waals surface area (Å²) >= 11 is 6.60. The number of halogens is 1. The summed E-state index contributed by atoms with van der Waals surface area (Å²) in [6.45, 7) is 4.25. The van der Waals surface area contributed by atoms with E-state index in [1.807, 2.05) is 0 Å². The second-order valence-corrected chi connectivity index (χ2v) is 7.00. The largest absolute Gasteiger partial charge is 0.294 e. The predicted molar refractivity (Wildman–Crippen MR) is 87.6 cm³/mol. The number of benzene rings is 1. The first-order chi connectivity index (χ1) is 10.2. The number of hydrogen-bond donors (Lipinski definition) is 0. The Morgan fingerprint density at radius 3 is 2.67 bits per heavy atom. The number of rotatable bonds is 5. The topological polar surface area (TPSA) is 16.1 Å². The minimum absolute atomic E-state index is 0.773. The average molecular weight is 301 g/mol. The van der Waals surface area contributed by atoms with Gasteiger partial charge in [-0.1, -0.05) is 29.8 Å². The standard InChI is InChI=1S/C18H21ClN2/c1-12-15-4-2-3-5-16(15)20-17(18(12)19)11-21(14-8-9-14)10-13-6-7-13/h2-5,13-14H,6-11H2,1H3. The highest BCUT2D eigenvalue weighted by Gasteiger charge is 2.34. The fourth-order valence-electron chi connectivity index (χ4n) is 3.13. The van der Waals surface area contributed by atoms with Gasteiger partial charge in [0.15, 0.2) is 0 Å². The normalized spacial score (nSPS) is 18.6. The molecule has 0 spiro atoms. The molecule has 0 saturated heterocycles. The second-order valence-electron chi connectivity index (χ2n) is 6.62. The van der Waals surface area contributed by atoms with Gasteiger partial charge in [0.2, 0.25) is 0 Å². The number of aryl methyl sites for hydroxylation is 1. The quantitative estimate of drug-likeness (QED) is 0.804. The van der Waals surface area contributed by atoms with Crippen molar-refractivity contribution in [1.29, 1.82) is 0 Å². The minimum Gasteiger partial charge on any atom is -0.294 e. The predicted octanol–water partition coefficient (Wildman–Crippen LogP) is 4.57. The Hall–Kier alpha value is -1.12. The van der Waals surface area contributed by atoms with Crippen LogP contribution in [0.25, 0.3) is 10.9 Å². The molecule has 2 aliphatic rings. The van der Waals surface area contributed by atoms with E-state index < -0.39 is 0 Å². The molecule has 0 bridgehead atoms. The van der Waals surface area contributed by atoms with Gasteiger partial charge >= 0.3 is 0 Å². The molecule has 2 nitrogen and oxygen atoms in total. The molecule has 110 valence electrons. The molecular formula is C18H21ClN2. The number of hydrogen-bond acceptors (Lipinski definition) is 2.